The standard InChI is InChI=1S/C20H18N4O2S2/c1-12-7-9-13(10-8-12)21-17(25)11-16-18(26)24(2)20(28-16)23-19-22-14-5-3-4-6-15(14)27-19/h3-10,16H,11H2,1-2H3,(H,21,25)/t16-/m1/s1. The van der Waals surface area contributed by atoms with E-state index in [1.807, 2.05) is 55.5 Å². The molecular formula is C20H18N4O2S2. The summed E-state index contributed by atoms with van der Waals surface area (Å²) in [4.78, 5) is 35.4. The molecular weight excluding hydrogens is 392 g/mol. The van der Waals surface area contributed by atoms with Crippen LogP contribution >= 0.6 is 23.1 Å². The fraction of sp³-hybridized carbons (Fsp3) is 0.200. The van der Waals surface area contributed by atoms with E-state index in [1.54, 1.807) is 7.05 Å². The van der Waals surface area contributed by atoms with E-state index in [0.717, 1.165) is 21.5 Å². The monoisotopic (exact) mass is 410 g/mol. The Balaban J connectivity index is 1.45. The van der Waals surface area contributed by atoms with E-state index in [2.05, 4.69) is 15.3 Å². The van der Waals surface area contributed by atoms with E-state index >= 15 is 0 Å². The van der Waals surface area contributed by atoms with E-state index in [4.69, 9.17) is 0 Å². The van der Waals surface area contributed by atoms with Crippen molar-refractivity contribution in [2.75, 3.05) is 12.4 Å². The van der Waals surface area contributed by atoms with Gasteiger partial charge in [-0.05, 0) is 31.2 Å². The minimum atomic E-state index is -0.483. The lowest BCUT2D eigenvalue weighted by Gasteiger charge is -2.09. The summed E-state index contributed by atoms with van der Waals surface area (Å²) in [5.74, 6) is -0.312. The molecule has 1 N–H and O–H groups in total. The Labute approximate surface area is 170 Å². The molecule has 6 nitrogen and oxygen atoms in total. The van der Waals surface area contributed by atoms with E-state index in [1.165, 1.54) is 28.0 Å². The molecule has 2 aromatic carbocycles. The van der Waals surface area contributed by atoms with Crippen molar-refractivity contribution in [1.82, 2.24) is 9.88 Å². The highest BCUT2D eigenvalue weighted by Gasteiger charge is 2.37. The van der Waals surface area contributed by atoms with Crippen LogP contribution in [0.1, 0.15) is 12.0 Å². The number of amides is 2. The molecule has 0 spiro atoms. The first-order chi connectivity index (χ1) is 13.5. The number of aliphatic imine (C=N–C) groups is 1. The molecule has 1 atom stereocenters. The van der Waals surface area contributed by atoms with Gasteiger partial charge in [-0.3, -0.25) is 14.5 Å². The van der Waals surface area contributed by atoms with E-state index in [-0.39, 0.29) is 18.2 Å². The fourth-order valence-corrected chi connectivity index (χ4v) is 4.84. The quantitative estimate of drug-likeness (QED) is 0.700. The van der Waals surface area contributed by atoms with Gasteiger partial charge in [0.15, 0.2) is 5.17 Å². The van der Waals surface area contributed by atoms with Crippen LogP contribution in [0.3, 0.4) is 0 Å². The molecule has 0 unspecified atom stereocenters. The van der Waals surface area contributed by atoms with E-state index in [9.17, 15) is 9.59 Å². The summed E-state index contributed by atoms with van der Waals surface area (Å²) in [7, 11) is 1.68. The molecule has 2 amide bonds. The zero-order chi connectivity index (χ0) is 19.7. The molecule has 1 aliphatic heterocycles. The molecule has 3 aromatic rings. The van der Waals surface area contributed by atoms with Crippen LogP contribution in [0.15, 0.2) is 53.5 Å². The summed E-state index contributed by atoms with van der Waals surface area (Å²) in [5.41, 5.74) is 2.73. The number of para-hydroxylation sites is 1. The third-order valence-corrected chi connectivity index (χ3v) is 6.48. The van der Waals surface area contributed by atoms with Gasteiger partial charge in [0, 0.05) is 19.2 Å². The van der Waals surface area contributed by atoms with Gasteiger partial charge < -0.3 is 5.32 Å². The van der Waals surface area contributed by atoms with E-state index in [0.29, 0.717) is 10.3 Å². The number of carbonyl (C=O) groups excluding carboxylic acids is 2. The Morgan fingerprint density at radius 2 is 1.96 bits per heavy atom. The van der Waals surface area contributed by atoms with Crippen molar-refractivity contribution in [1.29, 1.82) is 0 Å². The number of aromatic nitrogens is 1. The van der Waals surface area contributed by atoms with Crippen LogP contribution in [0.25, 0.3) is 10.2 Å². The minimum Gasteiger partial charge on any atom is -0.326 e. The van der Waals surface area contributed by atoms with Crippen LogP contribution in [0, 0.1) is 6.92 Å². The van der Waals surface area contributed by atoms with Gasteiger partial charge in [-0.1, -0.05) is 52.9 Å². The first kappa shape index (κ1) is 18.6. The predicted molar refractivity (Wildman–Crippen MR) is 115 cm³/mol. The fourth-order valence-electron chi connectivity index (χ4n) is 2.80. The van der Waals surface area contributed by atoms with Crippen molar-refractivity contribution in [2.24, 2.45) is 4.99 Å². The second-order valence-corrected chi connectivity index (χ2v) is 8.66. The van der Waals surface area contributed by atoms with Crippen LogP contribution in [-0.4, -0.2) is 39.2 Å². The normalized spacial score (nSPS) is 18.2. The Morgan fingerprint density at radius 1 is 1.21 bits per heavy atom. The lowest BCUT2D eigenvalue weighted by atomic mass is 10.2. The highest BCUT2D eigenvalue weighted by Crippen LogP contribution is 2.33. The van der Waals surface area contributed by atoms with Gasteiger partial charge in [0.1, 0.15) is 5.25 Å². The largest absolute Gasteiger partial charge is 0.326 e. The number of amidine groups is 1. The molecule has 0 saturated carbocycles. The molecule has 0 aliphatic carbocycles. The van der Waals surface area contributed by atoms with Crippen molar-refractivity contribution in [3.05, 3.63) is 54.1 Å². The summed E-state index contributed by atoms with van der Waals surface area (Å²) < 4.78 is 1.05. The maximum absolute atomic E-state index is 12.5. The second kappa shape index (κ2) is 7.73. The average Bonchev–Trinajstić information content (AvgIpc) is 3.20. The van der Waals surface area contributed by atoms with Crippen LogP contribution in [0.2, 0.25) is 0 Å². The van der Waals surface area contributed by atoms with E-state index < -0.39 is 5.25 Å². The summed E-state index contributed by atoms with van der Waals surface area (Å²) in [6.07, 6.45) is 0.0978. The molecule has 0 bridgehead atoms. The third-order valence-electron chi connectivity index (χ3n) is 4.32. The zero-order valence-electron chi connectivity index (χ0n) is 15.4. The molecule has 1 saturated heterocycles. The zero-order valence-corrected chi connectivity index (χ0v) is 17.0. The summed E-state index contributed by atoms with van der Waals surface area (Å²) in [6, 6.07) is 15.4. The number of aryl methyl sites for hydroxylation is 1. The van der Waals surface area contributed by atoms with Gasteiger partial charge in [0.25, 0.3) is 0 Å². The third kappa shape index (κ3) is 3.93. The van der Waals surface area contributed by atoms with Gasteiger partial charge in [0.2, 0.25) is 16.9 Å². The number of benzene rings is 2. The smallest absolute Gasteiger partial charge is 0.242 e. The molecule has 8 heteroatoms. The molecule has 1 fully saturated rings. The van der Waals surface area contributed by atoms with Crippen LogP contribution in [0.4, 0.5) is 10.8 Å². The lowest BCUT2D eigenvalue weighted by molar-refractivity contribution is -0.127. The molecule has 4 rings (SSSR count). The van der Waals surface area contributed by atoms with Crippen molar-refractivity contribution in [2.45, 2.75) is 18.6 Å². The predicted octanol–water partition coefficient (Wildman–Crippen LogP) is 4.19. The number of thioether (sulfide) groups is 1. The van der Waals surface area contributed by atoms with Crippen molar-refractivity contribution < 1.29 is 9.59 Å². The topological polar surface area (TPSA) is 74.7 Å². The highest BCUT2D eigenvalue weighted by molar-refractivity contribution is 8.15. The van der Waals surface area contributed by atoms with Gasteiger partial charge >= 0.3 is 0 Å². The summed E-state index contributed by atoms with van der Waals surface area (Å²) >= 11 is 2.78. The summed E-state index contributed by atoms with van der Waals surface area (Å²) in [5, 5.41) is 3.53. The van der Waals surface area contributed by atoms with Crippen molar-refractivity contribution in [3.63, 3.8) is 0 Å². The molecule has 1 aromatic heterocycles. The first-order valence-corrected chi connectivity index (χ1v) is 10.4. The second-order valence-electron chi connectivity index (χ2n) is 6.48. The Hall–Kier alpha value is -2.71. The van der Waals surface area contributed by atoms with Gasteiger partial charge in [-0.25, -0.2) is 4.98 Å². The van der Waals surface area contributed by atoms with Crippen LogP contribution in [-0.2, 0) is 9.59 Å². The first-order valence-electron chi connectivity index (χ1n) is 8.74. The Bertz CT molecular complexity index is 1040. The summed E-state index contributed by atoms with van der Waals surface area (Å²) in [6.45, 7) is 1.99. The van der Waals surface area contributed by atoms with Crippen molar-refractivity contribution >= 4 is 61.1 Å². The van der Waals surface area contributed by atoms with Crippen LogP contribution < -0.4 is 5.32 Å². The molecule has 1 aliphatic rings. The van der Waals surface area contributed by atoms with Gasteiger partial charge in [-0.2, -0.15) is 4.99 Å². The number of hydrogen-bond acceptors (Lipinski definition) is 6. The number of nitrogens with one attached hydrogen (secondary N) is 1. The van der Waals surface area contributed by atoms with Gasteiger partial charge in [-0.15, -0.1) is 0 Å². The molecule has 0 radical (unpaired) electrons. The maximum atomic E-state index is 12.5. The maximum Gasteiger partial charge on any atom is 0.242 e. The van der Waals surface area contributed by atoms with Crippen LogP contribution in [0.5, 0.6) is 0 Å². The number of nitrogens with zero attached hydrogens (tertiary/aromatic N) is 3. The number of rotatable bonds is 4. The average molecular weight is 411 g/mol. The number of fused-ring (bicyclic) bond motifs is 1. The SMILES string of the molecule is Cc1ccc(NC(=O)C[C@H]2SC(=Nc3nc4ccccc4s3)N(C)C2=O)cc1. The van der Waals surface area contributed by atoms with Crippen molar-refractivity contribution in [3.8, 4) is 0 Å². The number of carbonyl (C=O) groups is 2. The minimum absolute atomic E-state index is 0.0978. The molecule has 142 valence electrons. The molecule has 28 heavy (non-hydrogen) atoms. The Morgan fingerprint density at radius 3 is 2.71 bits per heavy atom. The Kier molecular flexibility index (Phi) is 5.15. The lowest BCUT2D eigenvalue weighted by Crippen LogP contribution is -2.30. The number of thiazole rings is 1. The number of hydrogen-bond donors (Lipinski definition) is 1. The highest BCUT2D eigenvalue weighted by atomic mass is 32.2. The number of anilines is 1. The van der Waals surface area contributed by atoms with Gasteiger partial charge in [0.05, 0.1) is 10.2 Å². The molecule has 2 heterocycles.